The Morgan fingerprint density at radius 3 is 2.32 bits per heavy atom. The van der Waals surface area contributed by atoms with Crippen molar-refractivity contribution in [2.24, 2.45) is 0 Å². The van der Waals surface area contributed by atoms with Crippen LogP contribution < -0.4 is 19.5 Å². The first-order chi connectivity index (χ1) is 10.6. The van der Waals surface area contributed by atoms with Gasteiger partial charge in [0.15, 0.2) is 11.5 Å². The molecule has 0 unspecified atom stereocenters. The first-order valence-corrected chi connectivity index (χ1v) is 8.06. The molecule has 1 aromatic heterocycles. The average molecular weight is 342 g/mol. The molecule has 2 rings (SSSR count). The molecule has 0 spiro atoms. The number of hydrogen-bond donors (Lipinski definition) is 1. The van der Waals surface area contributed by atoms with Crippen LogP contribution in [-0.2, 0) is 6.54 Å². The number of nitrogens with one attached hydrogen (secondary N) is 1. The Hall–Kier alpha value is -1.43. The van der Waals surface area contributed by atoms with Crippen molar-refractivity contribution >= 4 is 22.9 Å². The molecular formula is C16H20ClNO3S. The molecule has 1 N–H and O–H groups in total. The molecule has 0 aliphatic carbocycles. The van der Waals surface area contributed by atoms with Gasteiger partial charge in [-0.25, -0.2) is 0 Å². The van der Waals surface area contributed by atoms with Gasteiger partial charge in [0.1, 0.15) is 0 Å². The summed E-state index contributed by atoms with van der Waals surface area (Å²) < 4.78 is 17.0. The van der Waals surface area contributed by atoms with Crippen LogP contribution >= 0.6 is 22.9 Å². The second-order valence-corrected chi connectivity index (χ2v) is 6.48. The Kier molecular flexibility index (Phi) is 5.94. The highest BCUT2D eigenvalue weighted by molar-refractivity contribution is 7.16. The van der Waals surface area contributed by atoms with Gasteiger partial charge in [0.05, 0.1) is 25.7 Å². The zero-order chi connectivity index (χ0) is 16.1. The first kappa shape index (κ1) is 16.9. The van der Waals surface area contributed by atoms with Gasteiger partial charge in [-0.1, -0.05) is 17.7 Å². The SMILES string of the molecule is COc1ccc(CN[C@H](C)c2ccc(Cl)s2)c(OC)c1OC. The molecule has 0 fully saturated rings. The highest BCUT2D eigenvalue weighted by Crippen LogP contribution is 2.40. The second-order valence-electron chi connectivity index (χ2n) is 4.74. The van der Waals surface area contributed by atoms with E-state index < -0.39 is 0 Å². The molecular weight excluding hydrogens is 322 g/mol. The Balaban J connectivity index is 2.15. The second kappa shape index (κ2) is 7.72. The lowest BCUT2D eigenvalue weighted by Crippen LogP contribution is -2.17. The lowest BCUT2D eigenvalue weighted by Gasteiger charge is -2.18. The van der Waals surface area contributed by atoms with Gasteiger partial charge in [0.25, 0.3) is 0 Å². The summed E-state index contributed by atoms with van der Waals surface area (Å²) in [6.45, 7) is 2.76. The lowest BCUT2D eigenvalue weighted by molar-refractivity contribution is 0.321. The third-order valence-corrected chi connectivity index (χ3v) is 4.82. The van der Waals surface area contributed by atoms with Crippen molar-refractivity contribution in [2.45, 2.75) is 19.5 Å². The van der Waals surface area contributed by atoms with E-state index in [1.165, 1.54) is 4.88 Å². The van der Waals surface area contributed by atoms with Crippen molar-refractivity contribution in [1.29, 1.82) is 0 Å². The smallest absolute Gasteiger partial charge is 0.203 e. The van der Waals surface area contributed by atoms with Crippen molar-refractivity contribution < 1.29 is 14.2 Å². The quantitative estimate of drug-likeness (QED) is 0.816. The topological polar surface area (TPSA) is 39.7 Å². The van der Waals surface area contributed by atoms with E-state index in [1.54, 1.807) is 32.7 Å². The normalized spacial score (nSPS) is 12.0. The summed E-state index contributed by atoms with van der Waals surface area (Å²) >= 11 is 7.56. The van der Waals surface area contributed by atoms with Crippen molar-refractivity contribution in [3.8, 4) is 17.2 Å². The molecule has 120 valence electrons. The summed E-state index contributed by atoms with van der Waals surface area (Å²) in [6, 6.07) is 8.01. The van der Waals surface area contributed by atoms with E-state index in [1.807, 2.05) is 24.3 Å². The van der Waals surface area contributed by atoms with Crippen molar-refractivity contribution in [1.82, 2.24) is 5.32 Å². The Morgan fingerprint density at radius 2 is 1.77 bits per heavy atom. The van der Waals surface area contributed by atoms with E-state index in [0.29, 0.717) is 23.8 Å². The van der Waals surface area contributed by atoms with Gasteiger partial charge >= 0.3 is 0 Å². The fraction of sp³-hybridized carbons (Fsp3) is 0.375. The minimum atomic E-state index is 0.204. The van der Waals surface area contributed by atoms with E-state index in [-0.39, 0.29) is 6.04 Å². The maximum Gasteiger partial charge on any atom is 0.203 e. The van der Waals surface area contributed by atoms with Crippen LogP contribution in [0.2, 0.25) is 4.34 Å². The summed E-state index contributed by atoms with van der Waals surface area (Å²) in [5.74, 6) is 1.95. The molecule has 1 heterocycles. The van der Waals surface area contributed by atoms with Crippen LogP contribution in [0.5, 0.6) is 17.2 Å². The highest BCUT2D eigenvalue weighted by Gasteiger charge is 2.16. The first-order valence-electron chi connectivity index (χ1n) is 6.87. The van der Waals surface area contributed by atoms with Gasteiger partial charge in [-0.05, 0) is 25.1 Å². The summed E-state index contributed by atoms with van der Waals surface area (Å²) in [5.41, 5.74) is 1.01. The number of rotatable bonds is 7. The molecule has 4 nitrogen and oxygen atoms in total. The zero-order valence-corrected chi connectivity index (χ0v) is 14.7. The molecule has 1 atom stereocenters. The largest absolute Gasteiger partial charge is 0.493 e. The molecule has 2 aromatic rings. The minimum Gasteiger partial charge on any atom is -0.493 e. The van der Waals surface area contributed by atoms with Gasteiger partial charge in [0, 0.05) is 23.0 Å². The molecule has 0 saturated heterocycles. The molecule has 6 heteroatoms. The fourth-order valence-electron chi connectivity index (χ4n) is 2.23. The number of benzene rings is 1. The summed E-state index contributed by atoms with van der Waals surface area (Å²) in [4.78, 5) is 1.20. The molecule has 0 radical (unpaired) electrons. The van der Waals surface area contributed by atoms with Crippen LogP contribution in [-0.4, -0.2) is 21.3 Å². The summed E-state index contributed by atoms with van der Waals surface area (Å²) in [5, 5.41) is 3.47. The standard InChI is InChI=1S/C16H20ClNO3S/c1-10(13-7-8-14(17)22-13)18-9-11-5-6-12(19-2)16(21-4)15(11)20-3/h5-8,10,18H,9H2,1-4H3/t10-/m1/s1. The van der Waals surface area contributed by atoms with Crippen LogP contribution in [0.25, 0.3) is 0 Å². The Morgan fingerprint density at radius 1 is 1.05 bits per heavy atom. The van der Waals surface area contributed by atoms with Crippen LogP contribution in [0.4, 0.5) is 0 Å². The predicted molar refractivity (Wildman–Crippen MR) is 90.7 cm³/mol. The van der Waals surface area contributed by atoms with Crippen LogP contribution in [0.15, 0.2) is 24.3 Å². The molecule has 0 aliphatic rings. The molecule has 0 saturated carbocycles. The van der Waals surface area contributed by atoms with Crippen LogP contribution in [0, 0.1) is 0 Å². The Labute approximate surface area is 140 Å². The van der Waals surface area contributed by atoms with Gasteiger partial charge in [0.2, 0.25) is 5.75 Å². The monoisotopic (exact) mass is 341 g/mol. The number of halogens is 1. The van der Waals surface area contributed by atoms with Crippen molar-refractivity contribution in [2.75, 3.05) is 21.3 Å². The Bertz CT molecular complexity index is 630. The van der Waals surface area contributed by atoms with E-state index in [9.17, 15) is 0 Å². The van der Waals surface area contributed by atoms with Gasteiger partial charge in [-0.15, -0.1) is 11.3 Å². The van der Waals surface area contributed by atoms with Gasteiger partial charge in [-0.3, -0.25) is 0 Å². The van der Waals surface area contributed by atoms with E-state index in [2.05, 4.69) is 12.2 Å². The van der Waals surface area contributed by atoms with Crippen molar-refractivity contribution in [3.63, 3.8) is 0 Å². The molecule has 0 bridgehead atoms. The number of ether oxygens (including phenoxy) is 3. The van der Waals surface area contributed by atoms with Gasteiger partial charge in [-0.2, -0.15) is 0 Å². The van der Waals surface area contributed by atoms with Gasteiger partial charge < -0.3 is 19.5 Å². The third kappa shape index (κ3) is 3.66. The lowest BCUT2D eigenvalue weighted by atomic mass is 10.1. The maximum atomic E-state index is 5.98. The average Bonchev–Trinajstić information content (AvgIpc) is 2.97. The molecule has 1 aromatic carbocycles. The van der Waals surface area contributed by atoms with E-state index in [4.69, 9.17) is 25.8 Å². The third-order valence-electron chi connectivity index (χ3n) is 3.41. The minimum absolute atomic E-state index is 0.204. The summed E-state index contributed by atoms with van der Waals surface area (Å²) in [6.07, 6.45) is 0. The molecule has 0 aliphatic heterocycles. The number of methoxy groups -OCH3 is 3. The number of thiophene rings is 1. The predicted octanol–water partition coefficient (Wildman–Crippen LogP) is 4.28. The van der Waals surface area contributed by atoms with E-state index >= 15 is 0 Å². The fourth-order valence-corrected chi connectivity index (χ4v) is 3.31. The zero-order valence-electron chi connectivity index (χ0n) is 13.1. The highest BCUT2D eigenvalue weighted by atomic mass is 35.5. The van der Waals surface area contributed by atoms with Crippen molar-refractivity contribution in [3.05, 3.63) is 39.0 Å². The molecule has 22 heavy (non-hydrogen) atoms. The van der Waals surface area contributed by atoms with Crippen LogP contribution in [0.3, 0.4) is 0 Å². The molecule has 0 amide bonds. The maximum absolute atomic E-state index is 5.98. The summed E-state index contributed by atoms with van der Waals surface area (Å²) in [7, 11) is 4.84. The number of hydrogen-bond acceptors (Lipinski definition) is 5. The van der Waals surface area contributed by atoms with E-state index in [0.717, 1.165) is 9.90 Å². The van der Waals surface area contributed by atoms with Crippen LogP contribution in [0.1, 0.15) is 23.4 Å².